The number of carboxylic acid groups (broad SMARTS) is 1. The zero-order chi connectivity index (χ0) is 13.9. The zero-order valence-electron chi connectivity index (χ0n) is 11.2. The van der Waals surface area contributed by atoms with Crippen molar-refractivity contribution in [2.45, 2.75) is 33.1 Å². The first-order valence-corrected chi connectivity index (χ1v) is 6.75. The molecule has 0 saturated carbocycles. The Hall–Kier alpha value is -1.03. The highest BCUT2D eigenvalue weighted by molar-refractivity contribution is 9.10. The Morgan fingerprint density at radius 3 is 2.44 bits per heavy atom. The van der Waals surface area contributed by atoms with Crippen LogP contribution in [0.1, 0.15) is 37.8 Å². The largest absolute Gasteiger partial charge is 0.496 e. The molecular formula is C14H19BrO3. The molecule has 3 nitrogen and oxygen atoms in total. The fourth-order valence-electron chi connectivity index (χ4n) is 1.92. The predicted molar refractivity (Wildman–Crippen MR) is 75.3 cm³/mol. The number of hydrogen-bond acceptors (Lipinski definition) is 2. The van der Waals surface area contributed by atoms with Gasteiger partial charge in [-0.25, -0.2) is 0 Å². The minimum absolute atomic E-state index is 0.330. The van der Waals surface area contributed by atoms with E-state index in [1.165, 1.54) is 0 Å². The minimum Gasteiger partial charge on any atom is -0.496 e. The molecule has 1 unspecified atom stereocenters. The van der Waals surface area contributed by atoms with E-state index in [2.05, 4.69) is 29.8 Å². The Labute approximate surface area is 116 Å². The molecule has 0 spiro atoms. The van der Waals surface area contributed by atoms with Crippen LogP contribution in [0.25, 0.3) is 0 Å². The number of methoxy groups -OCH3 is 1. The summed E-state index contributed by atoms with van der Waals surface area (Å²) in [5.74, 6) is -0.0750. The van der Waals surface area contributed by atoms with E-state index in [-0.39, 0.29) is 0 Å². The number of carboxylic acids is 1. The number of rotatable bonds is 5. The van der Waals surface area contributed by atoms with Crippen molar-refractivity contribution in [3.8, 4) is 5.75 Å². The minimum atomic E-state index is -0.789. The molecule has 0 heterocycles. The molecule has 0 aliphatic carbocycles. The number of halogens is 1. The summed E-state index contributed by atoms with van der Waals surface area (Å²) in [6.07, 6.45) is 0.470. The lowest BCUT2D eigenvalue weighted by Crippen LogP contribution is -2.13. The quantitative estimate of drug-likeness (QED) is 0.898. The zero-order valence-corrected chi connectivity index (χ0v) is 12.7. The van der Waals surface area contributed by atoms with Crippen molar-refractivity contribution in [2.75, 3.05) is 7.11 Å². The molecular weight excluding hydrogens is 296 g/mol. The van der Waals surface area contributed by atoms with Gasteiger partial charge in [0, 0.05) is 4.47 Å². The summed E-state index contributed by atoms with van der Waals surface area (Å²) in [5.41, 5.74) is 2.03. The SMILES string of the molecule is COc1c(CC(C)C(=O)O)cc(Br)cc1C(C)C. The summed E-state index contributed by atoms with van der Waals surface area (Å²) in [6.45, 7) is 5.89. The van der Waals surface area contributed by atoms with Gasteiger partial charge in [0.1, 0.15) is 5.75 Å². The summed E-state index contributed by atoms with van der Waals surface area (Å²) >= 11 is 3.47. The van der Waals surface area contributed by atoms with Crippen molar-refractivity contribution < 1.29 is 14.6 Å². The monoisotopic (exact) mass is 314 g/mol. The Bertz CT molecular complexity index is 441. The number of benzene rings is 1. The second kappa shape index (κ2) is 6.23. The standard InChI is InChI=1S/C14H19BrO3/c1-8(2)12-7-11(15)6-10(13(12)18-4)5-9(3)14(16)17/h6-9H,5H2,1-4H3,(H,16,17). The maximum atomic E-state index is 11.0. The summed E-state index contributed by atoms with van der Waals surface area (Å²) in [5, 5.41) is 9.00. The fraction of sp³-hybridized carbons (Fsp3) is 0.500. The Morgan fingerprint density at radius 1 is 1.39 bits per heavy atom. The van der Waals surface area contributed by atoms with E-state index in [1.807, 2.05) is 12.1 Å². The van der Waals surface area contributed by atoms with Crippen LogP contribution in [0.15, 0.2) is 16.6 Å². The van der Waals surface area contributed by atoms with Crippen LogP contribution in [0.3, 0.4) is 0 Å². The van der Waals surface area contributed by atoms with Gasteiger partial charge in [0.15, 0.2) is 0 Å². The van der Waals surface area contributed by atoms with Gasteiger partial charge in [-0.15, -0.1) is 0 Å². The third-order valence-corrected chi connectivity index (χ3v) is 3.39. The van der Waals surface area contributed by atoms with Gasteiger partial charge in [0.25, 0.3) is 0 Å². The van der Waals surface area contributed by atoms with Gasteiger partial charge in [-0.1, -0.05) is 36.7 Å². The van der Waals surface area contributed by atoms with E-state index >= 15 is 0 Å². The van der Waals surface area contributed by atoms with Crippen LogP contribution in [0.4, 0.5) is 0 Å². The number of hydrogen-bond donors (Lipinski definition) is 1. The molecule has 1 N–H and O–H groups in total. The van der Waals surface area contributed by atoms with E-state index in [0.29, 0.717) is 12.3 Å². The molecule has 0 radical (unpaired) electrons. The average Bonchev–Trinajstić information content (AvgIpc) is 2.27. The van der Waals surface area contributed by atoms with Gasteiger partial charge < -0.3 is 9.84 Å². The Balaban J connectivity index is 3.21. The molecule has 0 saturated heterocycles. The van der Waals surface area contributed by atoms with Gasteiger partial charge >= 0.3 is 5.97 Å². The second-order valence-electron chi connectivity index (χ2n) is 4.79. The van der Waals surface area contributed by atoms with Gasteiger partial charge in [0.2, 0.25) is 0 Å². The third kappa shape index (κ3) is 3.48. The molecule has 1 aromatic rings. The van der Waals surface area contributed by atoms with Crippen LogP contribution in [-0.4, -0.2) is 18.2 Å². The average molecular weight is 315 g/mol. The highest BCUT2D eigenvalue weighted by Gasteiger charge is 2.18. The molecule has 4 heteroatoms. The lowest BCUT2D eigenvalue weighted by atomic mass is 9.94. The Morgan fingerprint density at radius 2 is 2.00 bits per heavy atom. The normalized spacial score (nSPS) is 12.6. The van der Waals surface area contributed by atoms with Gasteiger partial charge in [-0.3, -0.25) is 4.79 Å². The molecule has 0 aliphatic rings. The number of aliphatic carboxylic acids is 1. The number of carbonyl (C=O) groups is 1. The van der Waals surface area contributed by atoms with Gasteiger partial charge in [0.05, 0.1) is 13.0 Å². The first kappa shape index (κ1) is 15.0. The van der Waals surface area contributed by atoms with Crippen molar-refractivity contribution in [2.24, 2.45) is 5.92 Å². The van der Waals surface area contributed by atoms with Crippen molar-refractivity contribution in [1.29, 1.82) is 0 Å². The van der Waals surface area contributed by atoms with Crippen LogP contribution >= 0.6 is 15.9 Å². The van der Waals surface area contributed by atoms with E-state index in [1.54, 1.807) is 14.0 Å². The first-order valence-electron chi connectivity index (χ1n) is 5.95. The molecule has 0 fully saturated rings. The summed E-state index contributed by atoms with van der Waals surface area (Å²) in [7, 11) is 1.63. The summed E-state index contributed by atoms with van der Waals surface area (Å²) < 4.78 is 6.42. The molecule has 1 aromatic carbocycles. The molecule has 0 bridgehead atoms. The maximum absolute atomic E-state index is 11.0. The van der Waals surface area contributed by atoms with Crippen molar-refractivity contribution >= 4 is 21.9 Å². The van der Waals surface area contributed by atoms with Crippen LogP contribution in [0, 0.1) is 5.92 Å². The van der Waals surface area contributed by atoms with Gasteiger partial charge in [-0.2, -0.15) is 0 Å². The van der Waals surface area contributed by atoms with E-state index in [4.69, 9.17) is 9.84 Å². The predicted octanol–water partition coefficient (Wildman–Crippen LogP) is 3.84. The summed E-state index contributed by atoms with van der Waals surface area (Å²) in [6, 6.07) is 3.96. The molecule has 1 rings (SSSR count). The van der Waals surface area contributed by atoms with Crippen molar-refractivity contribution in [3.63, 3.8) is 0 Å². The van der Waals surface area contributed by atoms with E-state index < -0.39 is 11.9 Å². The lowest BCUT2D eigenvalue weighted by molar-refractivity contribution is -0.141. The van der Waals surface area contributed by atoms with E-state index in [0.717, 1.165) is 21.3 Å². The van der Waals surface area contributed by atoms with E-state index in [9.17, 15) is 4.79 Å². The molecule has 0 amide bonds. The number of ether oxygens (including phenoxy) is 1. The summed E-state index contributed by atoms with van der Waals surface area (Å²) in [4.78, 5) is 11.0. The van der Waals surface area contributed by atoms with Crippen molar-refractivity contribution in [3.05, 3.63) is 27.7 Å². The topological polar surface area (TPSA) is 46.5 Å². The molecule has 0 aliphatic heterocycles. The second-order valence-corrected chi connectivity index (χ2v) is 5.70. The van der Waals surface area contributed by atoms with Crippen LogP contribution in [-0.2, 0) is 11.2 Å². The van der Waals surface area contributed by atoms with Crippen LogP contribution in [0.2, 0.25) is 0 Å². The Kier molecular flexibility index (Phi) is 5.20. The first-order chi connectivity index (χ1) is 8.36. The third-order valence-electron chi connectivity index (χ3n) is 2.93. The van der Waals surface area contributed by atoms with Crippen LogP contribution in [0.5, 0.6) is 5.75 Å². The molecule has 0 aromatic heterocycles. The molecule has 1 atom stereocenters. The fourth-order valence-corrected chi connectivity index (χ4v) is 2.44. The highest BCUT2D eigenvalue weighted by Crippen LogP contribution is 2.34. The van der Waals surface area contributed by atoms with Crippen molar-refractivity contribution in [1.82, 2.24) is 0 Å². The molecule has 18 heavy (non-hydrogen) atoms. The van der Waals surface area contributed by atoms with Crippen LogP contribution < -0.4 is 4.74 Å². The maximum Gasteiger partial charge on any atom is 0.306 e. The smallest absolute Gasteiger partial charge is 0.306 e. The molecule has 100 valence electrons. The highest BCUT2D eigenvalue weighted by atomic mass is 79.9. The lowest BCUT2D eigenvalue weighted by Gasteiger charge is -2.18. The van der Waals surface area contributed by atoms with Gasteiger partial charge in [-0.05, 0) is 35.6 Å².